The van der Waals surface area contributed by atoms with Crippen LogP contribution in [0.15, 0.2) is 18.6 Å². The highest BCUT2D eigenvalue weighted by Gasteiger charge is 2.10. The van der Waals surface area contributed by atoms with Crippen LogP contribution in [0.5, 0.6) is 0 Å². The van der Waals surface area contributed by atoms with Gasteiger partial charge in [-0.1, -0.05) is 13.8 Å². The highest BCUT2D eigenvalue weighted by molar-refractivity contribution is 5.32. The van der Waals surface area contributed by atoms with Crippen molar-refractivity contribution in [1.29, 1.82) is 0 Å². The normalized spacial score (nSPS) is 11.1. The molecule has 0 aromatic carbocycles. The maximum absolute atomic E-state index is 4.60. The maximum Gasteiger partial charge on any atom is 0.225 e. The smallest absolute Gasteiger partial charge is 0.225 e. The predicted molar refractivity (Wildman–Crippen MR) is 84.1 cm³/mol. The van der Waals surface area contributed by atoms with Gasteiger partial charge in [0.25, 0.3) is 0 Å². The molecular weight excluding hydrogens is 264 g/mol. The van der Waals surface area contributed by atoms with Gasteiger partial charge in [0.05, 0.1) is 6.54 Å². The van der Waals surface area contributed by atoms with Crippen LogP contribution >= 0.6 is 0 Å². The largest absolute Gasteiger partial charge is 0.337 e. The van der Waals surface area contributed by atoms with E-state index in [9.17, 15) is 0 Å². The van der Waals surface area contributed by atoms with E-state index in [0.29, 0.717) is 12.6 Å². The third-order valence-electron chi connectivity index (χ3n) is 3.41. The summed E-state index contributed by atoms with van der Waals surface area (Å²) in [5, 5.41) is 3.39. The van der Waals surface area contributed by atoms with Crippen molar-refractivity contribution in [2.45, 2.75) is 39.9 Å². The van der Waals surface area contributed by atoms with Crippen LogP contribution in [0, 0.1) is 6.92 Å². The average molecular weight is 288 g/mol. The second kappa shape index (κ2) is 6.67. The monoisotopic (exact) mass is 288 g/mol. The summed E-state index contributed by atoms with van der Waals surface area (Å²) in [5.41, 5.74) is 2.15. The van der Waals surface area contributed by atoms with Crippen molar-refractivity contribution in [3.8, 4) is 0 Å². The van der Waals surface area contributed by atoms with E-state index in [-0.39, 0.29) is 0 Å². The molecule has 2 aromatic heterocycles. The number of hydrogen-bond acceptors (Lipinski definition) is 5. The summed E-state index contributed by atoms with van der Waals surface area (Å²) in [5.74, 6) is 1.72. The summed E-state index contributed by atoms with van der Waals surface area (Å²) in [7, 11) is 3.97. The first-order valence-electron chi connectivity index (χ1n) is 7.20. The van der Waals surface area contributed by atoms with E-state index >= 15 is 0 Å². The molecule has 0 aliphatic rings. The highest BCUT2D eigenvalue weighted by Crippen LogP contribution is 2.12. The molecule has 0 fully saturated rings. The van der Waals surface area contributed by atoms with E-state index in [1.54, 1.807) is 6.20 Å². The Balaban J connectivity index is 2.06. The SMILES string of the molecule is Cc1nc(N(C)Cc2nccn2C)ncc1CNC(C)C. The van der Waals surface area contributed by atoms with E-state index in [0.717, 1.165) is 29.6 Å². The Bertz CT molecular complexity index is 590. The third kappa shape index (κ3) is 4.01. The molecule has 6 nitrogen and oxygen atoms in total. The first-order chi connectivity index (χ1) is 9.97. The Morgan fingerprint density at radius 3 is 2.67 bits per heavy atom. The first kappa shape index (κ1) is 15.4. The van der Waals surface area contributed by atoms with Crippen molar-refractivity contribution in [2.24, 2.45) is 7.05 Å². The highest BCUT2D eigenvalue weighted by atomic mass is 15.2. The van der Waals surface area contributed by atoms with Gasteiger partial charge in [0.15, 0.2) is 0 Å². The molecule has 0 unspecified atom stereocenters. The molecule has 2 heterocycles. The molecule has 0 aliphatic carbocycles. The average Bonchev–Trinajstić information content (AvgIpc) is 2.82. The van der Waals surface area contributed by atoms with Crippen molar-refractivity contribution < 1.29 is 0 Å². The van der Waals surface area contributed by atoms with E-state index in [1.807, 2.05) is 42.9 Å². The number of anilines is 1. The lowest BCUT2D eigenvalue weighted by atomic mass is 10.2. The zero-order valence-corrected chi connectivity index (χ0v) is 13.5. The summed E-state index contributed by atoms with van der Waals surface area (Å²) >= 11 is 0. The fourth-order valence-electron chi connectivity index (χ4n) is 1.98. The minimum Gasteiger partial charge on any atom is -0.337 e. The Morgan fingerprint density at radius 2 is 2.10 bits per heavy atom. The Labute approximate surface area is 126 Å². The molecule has 0 amide bonds. The summed E-state index contributed by atoms with van der Waals surface area (Å²) in [6, 6.07) is 0.454. The van der Waals surface area contributed by atoms with E-state index in [2.05, 4.69) is 34.1 Å². The Hall–Kier alpha value is -1.95. The van der Waals surface area contributed by atoms with Gasteiger partial charge in [-0.05, 0) is 6.92 Å². The molecule has 0 saturated carbocycles. The van der Waals surface area contributed by atoms with Crippen molar-refractivity contribution in [3.05, 3.63) is 35.7 Å². The van der Waals surface area contributed by atoms with Crippen LogP contribution in [0.25, 0.3) is 0 Å². The number of nitrogens with one attached hydrogen (secondary N) is 1. The molecule has 0 atom stereocenters. The van der Waals surface area contributed by atoms with Gasteiger partial charge in [0.1, 0.15) is 5.82 Å². The fraction of sp³-hybridized carbons (Fsp3) is 0.533. The molecule has 0 saturated heterocycles. The van der Waals surface area contributed by atoms with Crippen LogP contribution in [-0.2, 0) is 20.1 Å². The number of imidazole rings is 1. The standard InChI is InChI=1S/C15H24N6/c1-11(2)17-8-13-9-18-15(19-12(13)3)21(5)10-14-16-6-7-20(14)4/h6-7,9,11,17H,8,10H2,1-5H3. The van der Waals surface area contributed by atoms with E-state index in [1.165, 1.54) is 0 Å². The molecule has 114 valence electrons. The van der Waals surface area contributed by atoms with Crippen LogP contribution < -0.4 is 10.2 Å². The maximum atomic E-state index is 4.60. The van der Waals surface area contributed by atoms with Crippen molar-refractivity contribution >= 4 is 5.95 Å². The number of aryl methyl sites for hydroxylation is 2. The van der Waals surface area contributed by atoms with Gasteiger partial charge < -0.3 is 14.8 Å². The van der Waals surface area contributed by atoms with Gasteiger partial charge in [-0.3, -0.25) is 0 Å². The number of rotatable bonds is 6. The quantitative estimate of drug-likeness (QED) is 0.876. The first-order valence-corrected chi connectivity index (χ1v) is 7.20. The zero-order chi connectivity index (χ0) is 15.4. The molecule has 0 radical (unpaired) electrons. The van der Waals surface area contributed by atoms with Crippen molar-refractivity contribution in [3.63, 3.8) is 0 Å². The van der Waals surface area contributed by atoms with Crippen molar-refractivity contribution in [1.82, 2.24) is 24.8 Å². The van der Waals surface area contributed by atoms with Crippen LogP contribution in [0.3, 0.4) is 0 Å². The molecule has 6 heteroatoms. The second-order valence-electron chi connectivity index (χ2n) is 5.63. The van der Waals surface area contributed by atoms with Crippen LogP contribution in [0.2, 0.25) is 0 Å². The number of hydrogen-bond donors (Lipinski definition) is 1. The minimum absolute atomic E-state index is 0.454. The molecule has 2 aromatic rings. The fourth-order valence-corrected chi connectivity index (χ4v) is 1.98. The summed E-state index contributed by atoms with van der Waals surface area (Å²) in [4.78, 5) is 15.4. The van der Waals surface area contributed by atoms with Gasteiger partial charge >= 0.3 is 0 Å². The molecule has 0 aliphatic heterocycles. The van der Waals surface area contributed by atoms with E-state index < -0.39 is 0 Å². The lowest BCUT2D eigenvalue weighted by Crippen LogP contribution is -2.24. The van der Waals surface area contributed by atoms with E-state index in [4.69, 9.17) is 0 Å². The lowest BCUT2D eigenvalue weighted by Gasteiger charge is -2.18. The summed E-state index contributed by atoms with van der Waals surface area (Å²) in [6.45, 7) is 7.77. The minimum atomic E-state index is 0.454. The van der Waals surface area contributed by atoms with Crippen LogP contribution in [0.1, 0.15) is 30.9 Å². The van der Waals surface area contributed by atoms with Gasteiger partial charge in [-0.25, -0.2) is 15.0 Å². The number of aromatic nitrogens is 4. The topological polar surface area (TPSA) is 58.9 Å². The Kier molecular flexibility index (Phi) is 4.90. The number of nitrogens with zero attached hydrogens (tertiary/aromatic N) is 5. The lowest BCUT2D eigenvalue weighted by molar-refractivity contribution is 0.584. The summed E-state index contributed by atoms with van der Waals surface area (Å²) in [6.07, 6.45) is 5.65. The molecule has 1 N–H and O–H groups in total. The van der Waals surface area contributed by atoms with Crippen molar-refractivity contribution in [2.75, 3.05) is 11.9 Å². The van der Waals surface area contributed by atoms with Gasteiger partial charge in [0.2, 0.25) is 5.95 Å². The molecule has 21 heavy (non-hydrogen) atoms. The summed E-state index contributed by atoms with van der Waals surface area (Å²) < 4.78 is 2.00. The molecule has 2 rings (SSSR count). The third-order valence-corrected chi connectivity index (χ3v) is 3.41. The zero-order valence-electron chi connectivity index (χ0n) is 13.5. The van der Waals surface area contributed by atoms with Crippen LogP contribution in [-0.4, -0.2) is 32.6 Å². The second-order valence-corrected chi connectivity index (χ2v) is 5.63. The predicted octanol–water partition coefficient (Wildman–Crippen LogP) is 1.65. The van der Waals surface area contributed by atoms with Crippen LogP contribution in [0.4, 0.5) is 5.95 Å². The Morgan fingerprint density at radius 1 is 1.33 bits per heavy atom. The molecule has 0 spiro atoms. The molecular formula is C15H24N6. The van der Waals surface area contributed by atoms with Gasteiger partial charge in [0, 0.05) is 56.5 Å². The molecule has 0 bridgehead atoms. The van der Waals surface area contributed by atoms with Gasteiger partial charge in [-0.15, -0.1) is 0 Å². The van der Waals surface area contributed by atoms with Gasteiger partial charge in [-0.2, -0.15) is 0 Å².